The van der Waals surface area contributed by atoms with E-state index in [1.165, 1.54) is 18.2 Å². The van der Waals surface area contributed by atoms with Crippen LogP contribution in [0.15, 0.2) is 0 Å². The molecule has 0 aliphatic rings. The highest BCUT2D eigenvalue weighted by atomic mass is 33.1. The fourth-order valence-corrected chi connectivity index (χ4v) is 6.87. The van der Waals surface area contributed by atoms with Crippen molar-refractivity contribution in [2.75, 3.05) is 12.4 Å². The summed E-state index contributed by atoms with van der Waals surface area (Å²) in [6.45, 7) is 16.7. The number of hydrogen-bond acceptors (Lipinski definition) is 4. The van der Waals surface area contributed by atoms with Crippen LogP contribution in [-0.2, 0) is 4.43 Å². The second kappa shape index (κ2) is 9.70. The lowest BCUT2D eigenvalue weighted by Crippen LogP contribution is -2.30. The average Bonchev–Trinajstić information content (AvgIpc) is 2.21. The SMILES string of the molecule is CCO[Si](C)(C)CCCSSN(C(C)C)C(C)C. The smallest absolute Gasteiger partial charge is 0.186 e. The van der Waals surface area contributed by atoms with E-state index in [0.29, 0.717) is 12.1 Å². The van der Waals surface area contributed by atoms with Crippen LogP contribution in [0.2, 0.25) is 19.1 Å². The van der Waals surface area contributed by atoms with Crippen LogP contribution in [0.3, 0.4) is 0 Å². The van der Waals surface area contributed by atoms with Crippen molar-refractivity contribution in [3.63, 3.8) is 0 Å². The molecule has 18 heavy (non-hydrogen) atoms. The van der Waals surface area contributed by atoms with Gasteiger partial charge in [-0.25, -0.2) is 4.31 Å². The first-order valence-corrected chi connectivity index (χ1v) is 12.4. The molecule has 0 amide bonds. The van der Waals surface area contributed by atoms with E-state index in [-0.39, 0.29) is 0 Å². The Balaban J connectivity index is 3.73. The molecule has 0 rings (SSSR count). The first kappa shape index (κ1) is 18.8. The Morgan fingerprint density at radius 3 is 2.11 bits per heavy atom. The second-order valence-electron chi connectivity index (χ2n) is 5.74. The Morgan fingerprint density at radius 2 is 1.67 bits per heavy atom. The quantitative estimate of drug-likeness (QED) is 0.243. The number of rotatable bonds is 10. The molecule has 0 saturated heterocycles. The maximum atomic E-state index is 5.85. The zero-order chi connectivity index (χ0) is 14.2. The Labute approximate surface area is 123 Å². The minimum Gasteiger partial charge on any atom is -0.418 e. The summed E-state index contributed by atoms with van der Waals surface area (Å²) >= 11 is 0. The van der Waals surface area contributed by atoms with Gasteiger partial charge in [0.05, 0.1) is 0 Å². The van der Waals surface area contributed by atoms with E-state index in [4.69, 9.17) is 4.43 Å². The Bertz CT molecular complexity index is 205. The van der Waals surface area contributed by atoms with Crippen LogP contribution in [-0.4, -0.2) is 37.1 Å². The Kier molecular flexibility index (Phi) is 10.1. The van der Waals surface area contributed by atoms with Crippen LogP contribution in [0, 0.1) is 0 Å². The summed E-state index contributed by atoms with van der Waals surface area (Å²) in [5.41, 5.74) is 0. The maximum absolute atomic E-state index is 5.85. The Hall–Kier alpha value is 0.837. The zero-order valence-corrected chi connectivity index (χ0v) is 15.8. The fraction of sp³-hybridized carbons (Fsp3) is 1.00. The molecule has 0 aromatic rings. The van der Waals surface area contributed by atoms with E-state index in [1.54, 1.807) is 0 Å². The second-order valence-corrected chi connectivity index (χ2v) is 12.4. The lowest BCUT2D eigenvalue weighted by atomic mass is 10.3. The Morgan fingerprint density at radius 1 is 1.11 bits per heavy atom. The highest BCUT2D eigenvalue weighted by molar-refractivity contribution is 8.75. The molecule has 0 heterocycles. The molecule has 0 radical (unpaired) electrons. The topological polar surface area (TPSA) is 12.5 Å². The summed E-state index contributed by atoms with van der Waals surface area (Å²) in [5, 5.41) is 0. The predicted octanol–water partition coefficient (Wildman–Crippen LogP) is 5.03. The van der Waals surface area contributed by atoms with Gasteiger partial charge in [-0.05, 0) is 71.2 Å². The van der Waals surface area contributed by atoms with Gasteiger partial charge in [0.2, 0.25) is 0 Å². The van der Waals surface area contributed by atoms with Gasteiger partial charge < -0.3 is 4.43 Å². The standard InChI is InChI=1S/C13H31NOS2Si/c1-8-15-18(6,7)11-9-10-16-17-14(12(2)3)13(4)5/h12-13H,8-11H2,1-7H3. The molecule has 0 spiro atoms. The minimum atomic E-state index is -1.36. The van der Waals surface area contributed by atoms with E-state index >= 15 is 0 Å². The van der Waals surface area contributed by atoms with E-state index in [9.17, 15) is 0 Å². The molecular weight excluding hydrogens is 278 g/mol. The lowest BCUT2D eigenvalue weighted by Gasteiger charge is -2.28. The molecule has 0 N–H and O–H groups in total. The summed E-state index contributed by atoms with van der Waals surface area (Å²) in [5.74, 6) is 1.23. The van der Waals surface area contributed by atoms with Crippen molar-refractivity contribution in [2.45, 2.75) is 72.3 Å². The molecule has 110 valence electrons. The molecular formula is C13H31NOS2Si. The monoisotopic (exact) mass is 309 g/mol. The van der Waals surface area contributed by atoms with Crippen molar-refractivity contribution >= 4 is 30.1 Å². The highest BCUT2D eigenvalue weighted by Gasteiger charge is 2.21. The van der Waals surface area contributed by atoms with E-state index in [1.807, 2.05) is 21.8 Å². The molecule has 0 aliphatic carbocycles. The van der Waals surface area contributed by atoms with Crippen LogP contribution < -0.4 is 0 Å². The van der Waals surface area contributed by atoms with Gasteiger partial charge in [0.15, 0.2) is 8.32 Å². The van der Waals surface area contributed by atoms with Gasteiger partial charge in [-0.2, -0.15) is 0 Å². The van der Waals surface area contributed by atoms with E-state index in [2.05, 4.69) is 52.0 Å². The van der Waals surface area contributed by atoms with E-state index < -0.39 is 8.32 Å². The molecule has 0 fully saturated rings. The molecule has 0 aromatic heterocycles. The normalized spacial score (nSPS) is 13.0. The molecule has 2 nitrogen and oxygen atoms in total. The van der Waals surface area contributed by atoms with Gasteiger partial charge in [0, 0.05) is 24.4 Å². The van der Waals surface area contributed by atoms with Crippen LogP contribution in [0.5, 0.6) is 0 Å². The van der Waals surface area contributed by atoms with Crippen molar-refractivity contribution in [3.8, 4) is 0 Å². The van der Waals surface area contributed by atoms with Crippen LogP contribution in [0.1, 0.15) is 41.0 Å². The molecule has 0 bridgehead atoms. The third-order valence-corrected chi connectivity index (χ3v) is 8.23. The summed E-state index contributed by atoms with van der Waals surface area (Å²) < 4.78 is 8.31. The van der Waals surface area contributed by atoms with Gasteiger partial charge in [-0.15, -0.1) is 0 Å². The molecule has 0 aromatic carbocycles. The van der Waals surface area contributed by atoms with Gasteiger partial charge in [-0.1, -0.05) is 10.8 Å². The van der Waals surface area contributed by atoms with Gasteiger partial charge in [-0.3, -0.25) is 0 Å². The van der Waals surface area contributed by atoms with Crippen molar-refractivity contribution in [1.82, 2.24) is 4.31 Å². The first-order valence-electron chi connectivity index (χ1n) is 7.02. The molecule has 0 saturated carbocycles. The number of hydrogen-bond donors (Lipinski definition) is 0. The minimum absolute atomic E-state index is 0.608. The van der Waals surface area contributed by atoms with Crippen LogP contribution in [0.25, 0.3) is 0 Å². The largest absolute Gasteiger partial charge is 0.418 e. The average molecular weight is 310 g/mol. The summed E-state index contributed by atoms with van der Waals surface area (Å²) in [4.78, 5) is 0. The van der Waals surface area contributed by atoms with E-state index in [0.717, 1.165) is 6.61 Å². The summed E-state index contributed by atoms with van der Waals surface area (Å²) in [7, 11) is 2.55. The molecule has 0 unspecified atom stereocenters. The van der Waals surface area contributed by atoms with Crippen LogP contribution in [0.4, 0.5) is 0 Å². The lowest BCUT2D eigenvalue weighted by molar-refractivity contribution is 0.328. The van der Waals surface area contributed by atoms with Gasteiger partial charge in [0.25, 0.3) is 0 Å². The molecule has 5 heteroatoms. The third-order valence-electron chi connectivity index (χ3n) is 2.70. The molecule has 0 atom stereocenters. The maximum Gasteiger partial charge on any atom is 0.186 e. The highest BCUT2D eigenvalue weighted by Crippen LogP contribution is 2.31. The van der Waals surface area contributed by atoms with Crippen LogP contribution >= 0.6 is 21.8 Å². The molecule has 0 aliphatic heterocycles. The third kappa shape index (κ3) is 8.86. The van der Waals surface area contributed by atoms with Gasteiger partial charge in [0.1, 0.15) is 0 Å². The zero-order valence-electron chi connectivity index (χ0n) is 13.2. The summed E-state index contributed by atoms with van der Waals surface area (Å²) in [6.07, 6.45) is 1.28. The van der Waals surface area contributed by atoms with Crippen molar-refractivity contribution in [1.29, 1.82) is 0 Å². The fourth-order valence-electron chi connectivity index (χ4n) is 1.89. The van der Waals surface area contributed by atoms with Crippen molar-refractivity contribution in [3.05, 3.63) is 0 Å². The summed E-state index contributed by atoms with van der Waals surface area (Å²) in [6, 6.07) is 2.49. The van der Waals surface area contributed by atoms with Gasteiger partial charge >= 0.3 is 0 Å². The predicted molar refractivity (Wildman–Crippen MR) is 90.7 cm³/mol. The number of nitrogens with zero attached hydrogens (tertiary/aromatic N) is 1. The van der Waals surface area contributed by atoms with Crippen molar-refractivity contribution < 1.29 is 4.43 Å². The first-order chi connectivity index (χ1) is 8.30. The van der Waals surface area contributed by atoms with Crippen molar-refractivity contribution in [2.24, 2.45) is 0 Å².